The van der Waals surface area contributed by atoms with E-state index in [-0.39, 0.29) is 6.61 Å². The summed E-state index contributed by atoms with van der Waals surface area (Å²) in [6.07, 6.45) is 2.86. The van der Waals surface area contributed by atoms with Crippen molar-refractivity contribution in [3.63, 3.8) is 0 Å². The standard InChI is InChI=1S/C17H17BrO/c18-16-6-5-12-9-13-3-1-2-4-17(13)14(7-8-19)10-15(12)11-16/h1-6,11,14,19H,7-10H2/t14-/m0/s1. The Morgan fingerprint density at radius 3 is 2.74 bits per heavy atom. The molecule has 2 aromatic carbocycles. The Labute approximate surface area is 122 Å². The van der Waals surface area contributed by atoms with Gasteiger partial charge in [-0.3, -0.25) is 0 Å². The van der Waals surface area contributed by atoms with Gasteiger partial charge in [-0.2, -0.15) is 0 Å². The average Bonchev–Trinajstić information content (AvgIpc) is 2.56. The van der Waals surface area contributed by atoms with Crippen LogP contribution in [0.2, 0.25) is 0 Å². The molecule has 0 aromatic heterocycles. The van der Waals surface area contributed by atoms with Crippen LogP contribution in [-0.4, -0.2) is 11.7 Å². The summed E-state index contributed by atoms with van der Waals surface area (Å²) in [5.74, 6) is 0.428. The summed E-state index contributed by atoms with van der Waals surface area (Å²) in [5.41, 5.74) is 5.63. The number of fused-ring (bicyclic) bond motifs is 2. The van der Waals surface area contributed by atoms with Crippen LogP contribution in [0.15, 0.2) is 46.9 Å². The first-order valence-corrected chi connectivity index (χ1v) is 7.53. The molecule has 2 heteroatoms. The fraction of sp³-hybridized carbons (Fsp3) is 0.294. The van der Waals surface area contributed by atoms with Crippen molar-refractivity contribution in [2.75, 3.05) is 6.61 Å². The summed E-state index contributed by atoms with van der Waals surface area (Å²) < 4.78 is 1.14. The van der Waals surface area contributed by atoms with Crippen molar-refractivity contribution in [2.24, 2.45) is 0 Å². The Morgan fingerprint density at radius 1 is 1.05 bits per heavy atom. The van der Waals surface area contributed by atoms with E-state index < -0.39 is 0 Å². The van der Waals surface area contributed by atoms with Gasteiger partial charge in [0.15, 0.2) is 0 Å². The Bertz CT molecular complexity index is 592. The predicted octanol–water partition coefficient (Wildman–Crippen LogP) is 4.06. The molecule has 0 radical (unpaired) electrons. The van der Waals surface area contributed by atoms with E-state index in [9.17, 15) is 5.11 Å². The fourth-order valence-corrected chi connectivity index (χ4v) is 3.45. The Morgan fingerprint density at radius 2 is 1.89 bits per heavy atom. The number of hydrogen-bond acceptors (Lipinski definition) is 1. The molecule has 0 saturated heterocycles. The molecule has 0 bridgehead atoms. The Hall–Kier alpha value is -1.12. The minimum atomic E-state index is 0.252. The molecule has 0 saturated carbocycles. The molecule has 1 aliphatic carbocycles. The Kier molecular flexibility index (Phi) is 3.72. The van der Waals surface area contributed by atoms with Crippen molar-refractivity contribution in [3.05, 3.63) is 69.2 Å². The van der Waals surface area contributed by atoms with E-state index in [1.807, 2.05) is 0 Å². The lowest BCUT2D eigenvalue weighted by Crippen LogP contribution is -2.05. The molecule has 1 aliphatic rings. The molecule has 0 unspecified atom stereocenters. The SMILES string of the molecule is OCC[C@H]1Cc2cc(Br)ccc2Cc2ccccc21. The van der Waals surface area contributed by atoms with Gasteiger partial charge in [-0.25, -0.2) is 0 Å². The van der Waals surface area contributed by atoms with E-state index >= 15 is 0 Å². The zero-order chi connectivity index (χ0) is 13.2. The largest absolute Gasteiger partial charge is 0.396 e. The van der Waals surface area contributed by atoms with Crippen LogP contribution in [-0.2, 0) is 12.8 Å². The van der Waals surface area contributed by atoms with Gasteiger partial charge in [0.2, 0.25) is 0 Å². The topological polar surface area (TPSA) is 20.2 Å². The molecular weight excluding hydrogens is 300 g/mol. The molecule has 0 aliphatic heterocycles. The summed E-state index contributed by atoms with van der Waals surface area (Å²) >= 11 is 3.56. The summed E-state index contributed by atoms with van der Waals surface area (Å²) in [5, 5.41) is 9.33. The minimum Gasteiger partial charge on any atom is -0.396 e. The van der Waals surface area contributed by atoms with Crippen LogP contribution in [0.3, 0.4) is 0 Å². The number of benzene rings is 2. The van der Waals surface area contributed by atoms with Crippen molar-refractivity contribution in [1.82, 2.24) is 0 Å². The molecular formula is C17H17BrO. The molecule has 1 nitrogen and oxygen atoms in total. The van der Waals surface area contributed by atoms with Gasteiger partial charge in [0, 0.05) is 11.1 Å². The number of aliphatic hydroxyl groups excluding tert-OH is 1. The van der Waals surface area contributed by atoms with Crippen LogP contribution >= 0.6 is 15.9 Å². The van der Waals surface area contributed by atoms with Gasteiger partial charge in [-0.15, -0.1) is 0 Å². The lowest BCUT2D eigenvalue weighted by molar-refractivity contribution is 0.275. The lowest BCUT2D eigenvalue weighted by atomic mass is 9.89. The maximum Gasteiger partial charge on any atom is 0.0436 e. The Balaban J connectivity index is 2.09. The van der Waals surface area contributed by atoms with Crippen molar-refractivity contribution in [2.45, 2.75) is 25.2 Å². The summed E-state index contributed by atoms with van der Waals surface area (Å²) in [6, 6.07) is 15.2. The second-order valence-electron chi connectivity index (χ2n) is 5.20. The van der Waals surface area contributed by atoms with Crippen molar-refractivity contribution in [3.8, 4) is 0 Å². The van der Waals surface area contributed by atoms with E-state index in [1.54, 1.807) is 0 Å². The maximum atomic E-state index is 9.33. The van der Waals surface area contributed by atoms with E-state index in [0.717, 1.165) is 23.7 Å². The van der Waals surface area contributed by atoms with E-state index in [4.69, 9.17) is 0 Å². The predicted molar refractivity (Wildman–Crippen MR) is 81.5 cm³/mol. The highest BCUT2D eigenvalue weighted by atomic mass is 79.9. The van der Waals surface area contributed by atoms with E-state index in [1.165, 1.54) is 22.3 Å². The molecule has 0 spiro atoms. The number of rotatable bonds is 2. The van der Waals surface area contributed by atoms with Crippen LogP contribution < -0.4 is 0 Å². The lowest BCUT2D eigenvalue weighted by Gasteiger charge is -2.16. The van der Waals surface area contributed by atoms with Crippen LogP contribution in [0.4, 0.5) is 0 Å². The molecule has 1 N–H and O–H groups in total. The van der Waals surface area contributed by atoms with Crippen molar-refractivity contribution >= 4 is 15.9 Å². The van der Waals surface area contributed by atoms with Gasteiger partial charge >= 0.3 is 0 Å². The normalized spacial score (nSPS) is 17.5. The monoisotopic (exact) mass is 316 g/mol. The molecule has 2 aromatic rings. The first kappa shape index (κ1) is 12.9. The van der Waals surface area contributed by atoms with Gasteiger partial charge < -0.3 is 5.11 Å². The zero-order valence-corrected chi connectivity index (χ0v) is 12.4. The molecule has 3 rings (SSSR count). The van der Waals surface area contributed by atoms with Gasteiger partial charge in [-0.1, -0.05) is 46.3 Å². The second kappa shape index (κ2) is 5.48. The van der Waals surface area contributed by atoms with Crippen molar-refractivity contribution in [1.29, 1.82) is 0 Å². The van der Waals surface area contributed by atoms with Crippen LogP contribution in [0.1, 0.15) is 34.6 Å². The van der Waals surface area contributed by atoms with Gasteiger partial charge in [0.05, 0.1) is 0 Å². The van der Waals surface area contributed by atoms with Crippen LogP contribution in [0.5, 0.6) is 0 Å². The fourth-order valence-electron chi connectivity index (χ4n) is 3.04. The van der Waals surface area contributed by atoms with Crippen LogP contribution in [0.25, 0.3) is 0 Å². The highest BCUT2D eigenvalue weighted by molar-refractivity contribution is 9.10. The van der Waals surface area contributed by atoms with Crippen molar-refractivity contribution < 1.29 is 5.11 Å². The van der Waals surface area contributed by atoms with E-state index in [2.05, 4.69) is 58.4 Å². The smallest absolute Gasteiger partial charge is 0.0436 e. The van der Waals surface area contributed by atoms with E-state index in [0.29, 0.717) is 5.92 Å². The molecule has 19 heavy (non-hydrogen) atoms. The molecule has 0 amide bonds. The number of aliphatic hydroxyl groups is 1. The molecule has 1 atom stereocenters. The number of hydrogen-bond donors (Lipinski definition) is 1. The summed E-state index contributed by atoms with van der Waals surface area (Å²) in [7, 11) is 0. The summed E-state index contributed by atoms with van der Waals surface area (Å²) in [4.78, 5) is 0. The third-order valence-electron chi connectivity index (χ3n) is 3.99. The first-order valence-electron chi connectivity index (χ1n) is 6.74. The third-order valence-corrected chi connectivity index (χ3v) is 4.48. The molecule has 0 fully saturated rings. The molecule has 98 valence electrons. The average molecular weight is 317 g/mol. The highest BCUT2D eigenvalue weighted by Crippen LogP contribution is 2.34. The molecule has 0 heterocycles. The minimum absolute atomic E-state index is 0.252. The zero-order valence-electron chi connectivity index (χ0n) is 10.8. The number of halogens is 1. The van der Waals surface area contributed by atoms with Gasteiger partial charge in [-0.05, 0) is 59.6 Å². The maximum absolute atomic E-state index is 9.33. The highest BCUT2D eigenvalue weighted by Gasteiger charge is 2.21. The first-order chi connectivity index (χ1) is 9.28. The quantitative estimate of drug-likeness (QED) is 0.885. The van der Waals surface area contributed by atoms with Gasteiger partial charge in [0.25, 0.3) is 0 Å². The van der Waals surface area contributed by atoms with Gasteiger partial charge in [0.1, 0.15) is 0 Å². The summed E-state index contributed by atoms with van der Waals surface area (Å²) in [6.45, 7) is 0.252. The van der Waals surface area contributed by atoms with Crippen LogP contribution in [0, 0.1) is 0 Å². The third kappa shape index (κ3) is 2.60. The second-order valence-corrected chi connectivity index (χ2v) is 6.12.